The molecular formula is C25H22BrN3O3. The summed E-state index contributed by atoms with van der Waals surface area (Å²) in [6, 6.07) is 19.7. The summed E-state index contributed by atoms with van der Waals surface area (Å²) in [5.74, 6) is 1.21. The zero-order chi connectivity index (χ0) is 22.2. The van der Waals surface area contributed by atoms with Crippen LogP contribution in [0.15, 0.2) is 65.1 Å². The number of fused-ring (bicyclic) bond motifs is 2. The molecule has 2 heterocycles. The highest BCUT2D eigenvalue weighted by Gasteiger charge is 2.29. The Morgan fingerprint density at radius 1 is 1.03 bits per heavy atom. The number of ether oxygens (including phenoxy) is 2. The number of carbonyl (C=O) groups is 1. The van der Waals surface area contributed by atoms with Gasteiger partial charge in [0.2, 0.25) is 6.79 Å². The second kappa shape index (κ2) is 8.33. The van der Waals surface area contributed by atoms with E-state index in [1.807, 2.05) is 62.6 Å². The summed E-state index contributed by atoms with van der Waals surface area (Å²) in [7, 11) is 4.09. The topological polar surface area (TPSA) is 62.8 Å². The van der Waals surface area contributed by atoms with Gasteiger partial charge in [0.1, 0.15) is 0 Å². The van der Waals surface area contributed by atoms with Crippen molar-refractivity contribution in [2.45, 2.75) is 6.54 Å². The molecule has 0 aromatic heterocycles. The van der Waals surface area contributed by atoms with Crippen molar-refractivity contribution in [1.82, 2.24) is 4.90 Å². The number of anilines is 2. The molecule has 2 N–H and O–H groups in total. The van der Waals surface area contributed by atoms with Gasteiger partial charge in [-0.15, -0.1) is 0 Å². The standard InChI is InChI=1S/C25H22BrN3O3/c1-29(2)13-15-3-7-18(8-4-15)27-24(16-5-10-21-22(11-16)32-14-31-21)23-19-9-6-17(26)12-20(19)28-25(23)30/h3-12,27H,13-14H2,1-2H3,(H,28,30)/b24-23-. The number of halogens is 1. The van der Waals surface area contributed by atoms with Crippen LogP contribution in [0.25, 0.3) is 11.3 Å². The van der Waals surface area contributed by atoms with Crippen LogP contribution in [-0.2, 0) is 11.3 Å². The minimum absolute atomic E-state index is 0.150. The first kappa shape index (κ1) is 20.6. The summed E-state index contributed by atoms with van der Waals surface area (Å²) in [5, 5.41) is 6.47. The smallest absolute Gasteiger partial charge is 0.258 e. The summed E-state index contributed by atoms with van der Waals surface area (Å²) in [4.78, 5) is 15.2. The van der Waals surface area contributed by atoms with Crippen molar-refractivity contribution in [1.29, 1.82) is 0 Å². The van der Waals surface area contributed by atoms with Crippen molar-refractivity contribution in [3.05, 3.63) is 81.8 Å². The van der Waals surface area contributed by atoms with E-state index in [9.17, 15) is 4.79 Å². The third-order valence-electron chi connectivity index (χ3n) is 5.36. The molecular weight excluding hydrogens is 470 g/mol. The molecule has 3 aromatic carbocycles. The van der Waals surface area contributed by atoms with Crippen LogP contribution >= 0.6 is 15.9 Å². The first-order valence-electron chi connectivity index (χ1n) is 10.2. The third kappa shape index (κ3) is 3.97. The van der Waals surface area contributed by atoms with E-state index < -0.39 is 0 Å². The number of hydrogen-bond acceptors (Lipinski definition) is 5. The number of hydrogen-bond donors (Lipinski definition) is 2. The number of amides is 1. The molecule has 3 aromatic rings. The van der Waals surface area contributed by atoms with E-state index in [0.717, 1.165) is 33.5 Å². The summed E-state index contributed by atoms with van der Waals surface area (Å²) >= 11 is 3.48. The maximum Gasteiger partial charge on any atom is 0.258 e. The van der Waals surface area contributed by atoms with E-state index in [2.05, 4.69) is 43.6 Å². The highest BCUT2D eigenvalue weighted by molar-refractivity contribution is 9.10. The van der Waals surface area contributed by atoms with Gasteiger partial charge in [0.25, 0.3) is 5.91 Å². The molecule has 1 amide bonds. The van der Waals surface area contributed by atoms with Gasteiger partial charge in [-0.25, -0.2) is 0 Å². The lowest BCUT2D eigenvalue weighted by Crippen LogP contribution is -2.11. The molecule has 162 valence electrons. The highest BCUT2D eigenvalue weighted by atomic mass is 79.9. The van der Waals surface area contributed by atoms with Gasteiger partial charge in [-0.2, -0.15) is 0 Å². The molecule has 2 aliphatic heterocycles. The van der Waals surface area contributed by atoms with Crippen LogP contribution in [0.1, 0.15) is 16.7 Å². The number of benzene rings is 3. The van der Waals surface area contributed by atoms with E-state index in [4.69, 9.17) is 9.47 Å². The number of rotatable bonds is 5. The third-order valence-corrected chi connectivity index (χ3v) is 5.85. The van der Waals surface area contributed by atoms with Crippen molar-refractivity contribution in [2.24, 2.45) is 0 Å². The lowest BCUT2D eigenvalue weighted by Gasteiger charge is -2.16. The fourth-order valence-corrected chi connectivity index (χ4v) is 4.29. The average molecular weight is 492 g/mol. The molecule has 0 aliphatic carbocycles. The summed E-state index contributed by atoms with van der Waals surface area (Å²) < 4.78 is 12.0. The van der Waals surface area contributed by atoms with Crippen molar-refractivity contribution >= 4 is 44.5 Å². The Morgan fingerprint density at radius 2 is 1.81 bits per heavy atom. The maximum atomic E-state index is 13.1. The molecule has 0 radical (unpaired) electrons. The fraction of sp³-hybridized carbons (Fsp3) is 0.160. The van der Waals surface area contributed by atoms with E-state index in [1.165, 1.54) is 5.56 Å². The van der Waals surface area contributed by atoms with Gasteiger partial charge in [0.15, 0.2) is 11.5 Å². The van der Waals surface area contributed by atoms with Gasteiger partial charge < -0.3 is 25.0 Å². The van der Waals surface area contributed by atoms with Crippen LogP contribution in [-0.4, -0.2) is 31.7 Å². The predicted octanol–water partition coefficient (Wildman–Crippen LogP) is 5.17. The number of nitrogens with one attached hydrogen (secondary N) is 2. The van der Waals surface area contributed by atoms with Crippen LogP contribution in [0.2, 0.25) is 0 Å². The van der Waals surface area contributed by atoms with Gasteiger partial charge in [-0.05, 0) is 62.1 Å². The molecule has 7 heteroatoms. The zero-order valence-corrected chi connectivity index (χ0v) is 19.3. The second-order valence-corrected chi connectivity index (χ2v) is 8.94. The second-order valence-electron chi connectivity index (χ2n) is 8.02. The van der Waals surface area contributed by atoms with Gasteiger partial charge in [0.05, 0.1) is 17.0 Å². The van der Waals surface area contributed by atoms with Crippen LogP contribution in [0, 0.1) is 0 Å². The fourth-order valence-electron chi connectivity index (χ4n) is 3.93. The maximum absolute atomic E-state index is 13.1. The van der Waals surface area contributed by atoms with E-state index in [-0.39, 0.29) is 12.7 Å². The van der Waals surface area contributed by atoms with Crippen molar-refractivity contribution in [3.8, 4) is 11.5 Å². The van der Waals surface area contributed by atoms with Crippen molar-refractivity contribution in [3.63, 3.8) is 0 Å². The average Bonchev–Trinajstić information content (AvgIpc) is 3.35. The Morgan fingerprint density at radius 3 is 2.59 bits per heavy atom. The molecule has 0 unspecified atom stereocenters. The summed E-state index contributed by atoms with van der Waals surface area (Å²) in [6.45, 7) is 1.06. The Balaban J connectivity index is 1.61. The Kier molecular flexibility index (Phi) is 5.36. The molecule has 0 saturated carbocycles. The van der Waals surface area contributed by atoms with Gasteiger partial charge >= 0.3 is 0 Å². The van der Waals surface area contributed by atoms with Gasteiger partial charge in [-0.3, -0.25) is 4.79 Å². The molecule has 0 saturated heterocycles. The monoisotopic (exact) mass is 491 g/mol. The number of nitrogens with zero attached hydrogens (tertiary/aromatic N) is 1. The van der Waals surface area contributed by atoms with Gasteiger partial charge in [0, 0.05) is 27.8 Å². The van der Waals surface area contributed by atoms with E-state index in [0.29, 0.717) is 22.8 Å². The minimum Gasteiger partial charge on any atom is -0.454 e. The van der Waals surface area contributed by atoms with E-state index in [1.54, 1.807) is 0 Å². The van der Waals surface area contributed by atoms with Crippen molar-refractivity contribution < 1.29 is 14.3 Å². The normalized spacial score (nSPS) is 15.6. The molecule has 0 atom stereocenters. The lowest BCUT2D eigenvalue weighted by atomic mass is 9.99. The SMILES string of the molecule is CN(C)Cc1ccc(N/C(=C2\C(=O)Nc3cc(Br)ccc32)c2ccc3c(c2)OCO3)cc1. The largest absolute Gasteiger partial charge is 0.454 e. The van der Waals surface area contributed by atoms with E-state index >= 15 is 0 Å². The highest BCUT2D eigenvalue weighted by Crippen LogP contribution is 2.41. The molecule has 6 nitrogen and oxygen atoms in total. The zero-order valence-electron chi connectivity index (χ0n) is 17.7. The first-order chi connectivity index (χ1) is 15.5. The number of carbonyl (C=O) groups excluding carboxylic acids is 1. The first-order valence-corrected chi connectivity index (χ1v) is 11.0. The molecule has 0 bridgehead atoms. The van der Waals surface area contributed by atoms with Crippen LogP contribution in [0.5, 0.6) is 11.5 Å². The van der Waals surface area contributed by atoms with Crippen LogP contribution in [0.4, 0.5) is 11.4 Å². The quantitative estimate of drug-likeness (QED) is 0.482. The Bertz CT molecular complexity index is 1240. The van der Waals surface area contributed by atoms with Gasteiger partial charge in [-0.1, -0.05) is 34.1 Å². The molecule has 0 spiro atoms. The van der Waals surface area contributed by atoms with Crippen LogP contribution in [0.3, 0.4) is 0 Å². The predicted molar refractivity (Wildman–Crippen MR) is 130 cm³/mol. The molecule has 32 heavy (non-hydrogen) atoms. The minimum atomic E-state index is -0.150. The lowest BCUT2D eigenvalue weighted by molar-refractivity contribution is -0.110. The molecule has 5 rings (SSSR count). The molecule has 2 aliphatic rings. The molecule has 0 fully saturated rings. The van der Waals surface area contributed by atoms with Crippen molar-refractivity contribution in [2.75, 3.05) is 31.5 Å². The summed E-state index contributed by atoms with van der Waals surface area (Å²) in [5.41, 5.74) is 5.87. The summed E-state index contributed by atoms with van der Waals surface area (Å²) in [6.07, 6.45) is 0. The Hall–Kier alpha value is -3.29. The van der Waals surface area contributed by atoms with Crippen LogP contribution < -0.4 is 20.1 Å². The Labute approximate surface area is 195 Å².